The van der Waals surface area contributed by atoms with Gasteiger partial charge in [-0.05, 0) is 13.8 Å². The van der Waals surface area contributed by atoms with E-state index in [-0.39, 0.29) is 0 Å². The van der Waals surface area contributed by atoms with Crippen LogP contribution in [-0.2, 0) is 13.6 Å². The van der Waals surface area contributed by atoms with Crippen molar-refractivity contribution in [1.29, 1.82) is 0 Å². The van der Waals surface area contributed by atoms with Crippen LogP contribution in [0.2, 0.25) is 5.15 Å². The first kappa shape index (κ1) is 11.9. The summed E-state index contributed by atoms with van der Waals surface area (Å²) in [5.41, 5.74) is 0. The van der Waals surface area contributed by atoms with Gasteiger partial charge in [0, 0.05) is 32.2 Å². The maximum atomic E-state index is 5.98. The molecule has 1 fully saturated rings. The van der Waals surface area contributed by atoms with E-state index in [1.807, 2.05) is 11.6 Å². The third-order valence-corrected chi connectivity index (χ3v) is 3.62. The van der Waals surface area contributed by atoms with Crippen molar-refractivity contribution in [3.05, 3.63) is 17.2 Å². The van der Waals surface area contributed by atoms with E-state index >= 15 is 0 Å². The second kappa shape index (κ2) is 4.73. The third-order valence-electron chi connectivity index (χ3n) is 3.27. The fourth-order valence-corrected chi connectivity index (χ4v) is 2.22. The van der Waals surface area contributed by atoms with E-state index in [0.29, 0.717) is 17.2 Å². The van der Waals surface area contributed by atoms with Crippen LogP contribution in [0.15, 0.2) is 6.20 Å². The zero-order chi connectivity index (χ0) is 11.7. The standard InChI is InChI=1S/C11H19ClN4/c1-8-6-16(9(2)4-13-8)7-11-14-5-10(12)15(11)3/h5,8-9,13H,4,6-7H2,1-3H3. The van der Waals surface area contributed by atoms with Crippen LogP contribution in [-0.4, -0.2) is 39.6 Å². The minimum absolute atomic E-state index is 0.548. The van der Waals surface area contributed by atoms with Crippen molar-refractivity contribution in [1.82, 2.24) is 19.8 Å². The Morgan fingerprint density at radius 3 is 2.94 bits per heavy atom. The summed E-state index contributed by atoms with van der Waals surface area (Å²) in [6.07, 6.45) is 1.72. The van der Waals surface area contributed by atoms with E-state index in [2.05, 4.69) is 29.0 Å². The minimum atomic E-state index is 0.548. The zero-order valence-corrected chi connectivity index (χ0v) is 10.8. The Kier molecular flexibility index (Phi) is 3.52. The molecule has 1 aliphatic heterocycles. The zero-order valence-electron chi connectivity index (χ0n) is 10.1. The van der Waals surface area contributed by atoms with Crippen LogP contribution >= 0.6 is 11.6 Å². The summed E-state index contributed by atoms with van der Waals surface area (Å²) < 4.78 is 1.95. The van der Waals surface area contributed by atoms with E-state index in [1.54, 1.807) is 6.20 Å². The monoisotopic (exact) mass is 242 g/mol. The second-order valence-electron chi connectivity index (χ2n) is 4.64. The maximum Gasteiger partial charge on any atom is 0.128 e. The van der Waals surface area contributed by atoms with Crippen molar-refractivity contribution in [3.63, 3.8) is 0 Å². The molecule has 0 aromatic carbocycles. The van der Waals surface area contributed by atoms with Gasteiger partial charge in [0.05, 0.1) is 12.7 Å². The lowest BCUT2D eigenvalue weighted by molar-refractivity contribution is 0.134. The molecule has 5 heteroatoms. The van der Waals surface area contributed by atoms with Crippen LogP contribution in [0.25, 0.3) is 0 Å². The molecule has 0 amide bonds. The Morgan fingerprint density at radius 2 is 2.31 bits per heavy atom. The van der Waals surface area contributed by atoms with Gasteiger partial charge in [-0.3, -0.25) is 4.90 Å². The van der Waals surface area contributed by atoms with Gasteiger partial charge < -0.3 is 9.88 Å². The van der Waals surface area contributed by atoms with E-state index in [0.717, 1.165) is 25.5 Å². The number of nitrogens with one attached hydrogen (secondary N) is 1. The summed E-state index contributed by atoms with van der Waals surface area (Å²) in [6.45, 7) is 7.43. The molecule has 0 bridgehead atoms. The number of nitrogens with zero attached hydrogens (tertiary/aromatic N) is 3. The molecule has 16 heavy (non-hydrogen) atoms. The van der Waals surface area contributed by atoms with Crippen LogP contribution in [0.5, 0.6) is 0 Å². The molecule has 2 heterocycles. The lowest BCUT2D eigenvalue weighted by Crippen LogP contribution is -2.53. The Balaban J connectivity index is 2.05. The van der Waals surface area contributed by atoms with Gasteiger partial charge in [0.25, 0.3) is 0 Å². The Hall–Kier alpha value is -0.580. The second-order valence-corrected chi connectivity index (χ2v) is 5.03. The van der Waals surface area contributed by atoms with Gasteiger partial charge in [0.15, 0.2) is 0 Å². The van der Waals surface area contributed by atoms with E-state index in [1.165, 1.54) is 0 Å². The smallest absolute Gasteiger partial charge is 0.128 e. The van der Waals surface area contributed by atoms with E-state index in [4.69, 9.17) is 11.6 Å². The van der Waals surface area contributed by atoms with Crippen LogP contribution < -0.4 is 5.32 Å². The lowest BCUT2D eigenvalue weighted by Gasteiger charge is -2.37. The molecule has 1 aromatic rings. The highest BCUT2D eigenvalue weighted by atomic mass is 35.5. The summed E-state index contributed by atoms with van der Waals surface area (Å²) in [7, 11) is 1.96. The number of imidazole rings is 1. The Labute approximate surface area is 102 Å². The summed E-state index contributed by atoms with van der Waals surface area (Å²) in [5, 5.41) is 4.17. The molecule has 4 nitrogen and oxygen atoms in total. The number of halogens is 1. The molecule has 0 aliphatic carbocycles. The average Bonchev–Trinajstić information content (AvgIpc) is 2.55. The lowest BCUT2D eigenvalue weighted by atomic mass is 10.1. The minimum Gasteiger partial charge on any atom is -0.321 e. The molecule has 1 saturated heterocycles. The molecular formula is C11H19ClN4. The van der Waals surface area contributed by atoms with Crippen molar-refractivity contribution in [2.24, 2.45) is 7.05 Å². The van der Waals surface area contributed by atoms with Crippen molar-refractivity contribution < 1.29 is 0 Å². The van der Waals surface area contributed by atoms with Crippen LogP contribution in [0.3, 0.4) is 0 Å². The molecule has 1 aliphatic rings. The van der Waals surface area contributed by atoms with E-state index in [9.17, 15) is 0 Å². The molecule has 0 radical (unpaired) electrons. The maximum absolute atomic E-state index is 5.98. The number of aromatic nitrogens is 2. The van der Waals surface area contributed by atoms with Gasteiger partial charge in [-0.15, -0.1) is 0 Å². The molecule has 0 saturated carbocycles. The Morgan fingerprint density at radius 1 is 1.56 bits per heavy atom. The summed E-state index contributed by atoms with van der Waals surface area (Å²) in [6, 6.07) is 1.10. The normalized spacial score (nSPS) is 27.2. The first-order valence-electron chi connectivity index (χ1n) is 5.71. The molecule has 90 valence electrons. The highest BCUT2D eigenvalue weighted by molar-refractivity contribution is 6.29. The van der Waals surface area contributed by atoms with Crippen molar-refractivity contribution in [2.75, 3.05) is 13.1 Å². The third kappa shape index (κ3) is 2.39. The average molecular weight is 243 g/mol. The van der Waals surface area contributed by atoms with Gasteiger partial charge in [0.1, 0.15) is 11.0 Å². The van der Waals surface area contributed by atoms with Gasteiger partial charge in [-0.25, -0.2) is 4.98 Å². The number of rotatable bonds is 2. The summed E-state index contributed by atoms with van der Waals surface area (Å²) in [4.78, 5) is 6.78. The van der Waals surface area contributed by atoms with Gasteiger partial charge in [-0.2, -0.15) is 0 Å². The first-order chi connectivity index (χ1) is 7.58. The number of hydrogen-bond donors (Lipinski definition) is 1. The van der Waals surface area contributed by atoms with E-state index < -0.39 is 0 Å². The molecule has 1 N–H and O–H groups in total. The first-order valence-corrected chi connectivity index (χ1v) is 6.09. The molecule has 0 spiro atoms. The van der Waals surface area contributed by atoms with Crippen molar-refractivity contribution >= 4 is 11.6 Å². The molecular weight excluding hydrogens is 224 g/mol. The summed E-state index contributed by atoms with van der Waals surface area (Å²) in [5.74, 6) is 1.03. The molecule has 2 atom stereocenters. The highest BCUT2D eigenvalue weighted by Gasteiger charge is 2.23. The van der Waals surface area contributed by atoms with Crippen LogP contribution in [0.4, 0.5) is 0 Å². The van der Waals surface area contributed by atoms with Gasteiger partial charge >= 0.3 is 0 Å². The fraction of sp³-hybridized carbons (Fsp3) is 0.727. The largest absolute Gasteiger partial charge is 0.321 e. The van der Waals surface area contributed by atoms with Crippen molar-refractivity contribution in [3.8, 4) is 0 Å². The van der Waals surface area contributed by atoms with Gasteiger partial charge in [0.2, 0.25) is 0 Å². The van der Waals surface area contributed by atoms with Gasteiger partial charge in [-0.1, -0.05) is 11.6 Å². The Bertz CT molecular complexity index is 363. The highest BCUT2D eigenvalue weighted by Crippen LogP contribution is 2.14. The number of hydrogen-bond acceptors (Lipinski definition) is 3. The van der Waals surface area contributed by atoms with Crippen molar-refractivity contribution in [2.45, 2.75) is 32.5 Å². The predicted octanol–water partition coefficient (Wildman–Crippen LogP) is 1.26. The topological polar surface area (TPSA) is 33.1 Å². The molecule has 1 aromatic heterocycles. The summed E-state index contributed by atoms with van der Waals surface area (Å²) >= 11 is 5.98. The SMILES string of the molecule is CC1CN(Cc2ncc(Cl)n2C)C(C)CN1. The number of piperazine rings is 1. The quantitative estimate of drug-likeness (QED) is 0.848. The fourth-order valence-electron chi connectivity index (χ4n) is 2.07. The van der Waals surface area contributed by atoms with Crippen LogP contribution in [0.1, 0.15) is 19.7 Å². The molecule has 2 unspecified atom stereocenters. The van der Waals surface area contributed by atoms with Crippen LogP contribution in [0, 0.1) is 0 Å². The molecule has 2 rings (SSSR count). The predicted molar refractivity (Wildman–Crippen MR) is 65.6 cm³/mol.